The minimum absolute atomic E-state index is 0.194. The van der Waals surface area contributed by atoms with Gasteiger partial charge in [-0.15, -0.1) is 0 Å². The van der Waals surface area contributed by atoms with Crippen molar-refractivity contribution in [1.29, 1.82) is 0 Å². The number of hydrogen-bond donors (Lipinski definition) is 2. The van der Waals surface area contributed by atoms with Crippen molar-refractivity contribution in [1.82, 2.24) is 14.9 Å². The average Bonchev–Trinajstić information content (AvgIpc) is 3.16. The summed E-state index contributed by atoms with van der Waals surface area (Å²) >= 11 is 0. The van der Waals surface area contributed by atoms with Crippen LogP contribution in [-0.4, -0.2) is 28.7 Å². The molecule has 1 aromatic heterocycles. The van der Waals surface area contributed by atoms with E-state index in [2.05, 4.69) is 22.5 Å². The fraction of sp³-hybridized carbons (Fsp3) is 0.500. The molecule has 0 atom stereocenters. The zero-order valence-corrected chi connectivity index (χ0v) is 15.6. The molecule has 1 aromatic carbocycles. The second kappa shape index (κ2) is 12.0. The van der Waals surface area contributed by atoms with Gasteiger partial charge in [0.1, 0.15) is 5.75 Å². The first-order valence-electron chi connectivity index (χ1n) is 9.51. The molecule has 142 valence electrons. The largest absolute Gasteiger partial charge is 0.494 e. The van der Waals surface area contributed by atoms with Crippen molar-refractivity contribution in [2.45, 2.75) is 52.0 Å². The highest BCUT2D eigenvalue weighted by atomic mass is 16.5. The monoisotopic (exact) mass is 358 g/mol. The number of amides is 2. The summed E-state index contributed by atoms with van der Waals surface area (Å²) in [6, 6.07) is 7.30. The Morgan fingerprint density at radius 3 is 2.65 bits per heavy atom. The van der Waals surface area contributed by atoms with Crippen LogP contribution >= 0.6 is 0 Å². The fourth-order valence-corrected chi connectivity index (χ4v) is 2.59. The number of rotatable bonds is 12. The van der Waals surface area contributed by atoms with Crippen molar-refractivity contribution in [3.05, 3.63) is 43.0 Å². The third-order valence-electron chi connectivity index (χ3n) is 4.07. The maximum Gasteiger partial charge on any atom is 0.319 e. The van der Waals surface area contributed by atoms with Gasteiger partial charge in [-0.25, -0.2) is 9.78 Å². The number of hydrogen-bond acceptors (Lipinski definition) is 3. The van der Waals surface area contributed by atoms with Crippen LogP contribution in [0.5, 0.6) is 5.75 Å². The number of carbonyl (C=O) groups excluding carboxylic acids is 1. The van der Waals surface area contributed by atoms with E-state index in [1.54, 1.807) is 12.5 Å². The van der Waals surface area contributed by atoms with E-state index in [9.17, 15) is 4.79 Å². The maximum atomic E-state index is 11.9. The Hall–Kier alpha value is -2.50. The van der Waals surface area contributed by atoms with Gasteiger partial charge in [0.2, 0.25) is 0 Å². The number of ether oxygens (including phenoxy) is 1. The SMILES string of the molecule is CCCCCCCOc1ccc(NC(=O)NCCCn2ccnc2)cc1. The minimum atomic E-state index is -0.194. The number of nitrogens with zero attached hydrogens (tertiary/aromatic N) is 2. The smallest absolute Gasteiger partial charge is 0.319 e. The maximum absolute atomic E-state index is 11.9. The van der Waals surface area contributed by atoms with Gasteiger partial charge in [0.15, 0.2) is 0 Å². The molecule has 0 aliphatic rings. The molecule has 0 aliphatic heterocycles. The lowest BCUT2D eigenvalue weighted by molar-refractivity contribution is 0.252. The van der Waals surface area contributed by atoms with Gasteiger partial charge < -0.3 is 19.9 Å². The normalized spacial score (nSPS) is 10.5. The molecule has 6 heteroatoms. The lowest BCUT2D eigenvalue weighted by Gasteiger charge is -2.09. The lowest BCUT2D eigenvalue weighted by atomic mass is 10.2. The predicted octanol–water partition coefficient (Wildman–Crippen LogP) is 4.44. The third-order valence-corrected chi connectivity index (χ3v) is 4.07. The second-order valence-electron chi connectivity index (χ2n) is 6.32. The van der Waals surface area contributed by atoms with E-state index < -0.39 is 0 Å². The van der Waals surface area contributed by atoms with E-state index in [0.29, 0.717) is 6.54 Å². The summed E-state index contributed by atoms with van der Waals surface area (Å²) in [5.41, 5.74) is 0.757. The minimum Gasteiger partial charge on any atom is -0.494 e. The molecule has 26 heavy (non-hydrogen) atoms. The molecule has 2 aromatic rings. The van der Waals surface area contributed by atoms with E-state index in [-0.39, 0.29) is 6.03 Å². The molecule has 2 N–H and O–H groups in total. The van der Waals surface area contributed by atoms with Gasteiger partial charge in [-0.3, -0.25) is 0 Å². The van der Waals surface area contributed by atoms with Gasteiger partial charge in [0, 0.05) is 31.2 Å². The first-order chi connectivity index (χ1) is 12.8. The van der Waals surface area contributed by atoms with Crippen molar-refractivity contribution in [3.8, 4) is 5.75 Å². The van der Waals surface area contributed by atoms with Gasteiger partial charge in [-0.2, -0.15) is 0 Å². The highest BCUT2D eigenvalue weighted by Crippen LogP contribution is 2.16. The summed E-state index contributed by atoms with van der Waals surface area (Å²) in [6.45, 7) is 4.41. The van der Waals surface area contributed by atoms with Crippen LogP contribution in [0.2, 0.25) is 0 Å². The number of benzene rings is 1. The number of carbonyl (C=O) groups is 1. The molecule has 0 saturated heterocycles. The first kappa shape index (κ1) is 19.8. The Morgan fingerprint density at radius 1 is 1.12 bits per heavy atom. The van der Waals surface area contributed by atoms with Crippen molar-refractivity contribution in [2.75, 3.05) is 18.5 Å². The van der Waals surface area contributed by atoms with Crippen LogP contribution in [0.4, 0.5) is 10.5 Å². The molecule has 0 aliphatic carbocycles. The van der Waals surface area contributed by atoms with Gasteiger partial charge in [0.25, 0.3) is 0 Å². The lowest BCUT2D eigenvalue weighted by Crippen LogP contribution is -2.29. The van der Waals surface area contributed by atoms with E-state index in [4.69, 9.17) is 4.74 Å². The summed E-state index contributed by atoms with van der Waals surface area (Å²) < 4.78 is 7.71. The number of imidazole rings is 1. The van der Waals surface area contributed by atoms with Crippen LogP contribution in [0.3, 0.4) is 0 Å². The van der Waals surface area contributed by atoms with Crippen LogP contribution in [0.1, 0.15) is 45.4 Å². The molecule has 6 nitrogen and oxygen atoms in total. The molecule has 0 spiro atoms. The predicted molar refractivity (Wildman–Crippen MR) is 105 cm³/mol. The van der Waals surface area contributed by atoms with Crippen molar-refractivity contribution in [2.24, 2.45) is 0 Å². The van der Waals surface area contributed by atoms with E-state index in [1.165, 1.54) is 25.7 Å². The van der Waals surface area contributed by atoms with E-state index in [0.717, 1.165) is 37.4 Å². The van der Waals surface area contributed by atoms with Crippen molar-refractivity contribution in [3.63, 3.8) is 0 Å². The number of aryl methyl sites for hydroxylation is 1. The summed E-state index contributed by atoms with van der Waals surface area (Å²) in [4.78, 5) is 15.9. The van der Waals surface area contributed by atoms with E-state index >= 15 is 0 Å². The Labute approximate surface area is 156 Å². The highest BCUT2D eigenvalue weighted by molar-refractivity contribution is 5.89. The number of aromatic nitrogens is 2. The summed E-state index contributed by atoms with van der Waals surface area (Å²) in [6.07, 6.45) is 12.4. The molecule has 2 amide bonds. The average molecular weight is 358 g/mol. The van der Waals surface area contributed by atoms with Gasteiger partial charge in [-0.05, 0) is 37.1 Å². The van der Waals surface area contributed by atoms with Crippen LogP contribution in [-0.2, 0) is 6.54 Å². The highest BCUT2D eigenvalue weighted by Gasteiger charge is 2.02. The topological polar surface area (TPSA) is 68.2 Å². The second-order valence-corrected chi connectivity index (χ2v) is 6.32. The third kappa shape index (κ3) is 8.05. The zero-order chi connectivity index (χ0) is 18.5. The zero-order valence-electron chi connectivity index (χ0n) is 15.6. The Balaban J connectivity index is 1.57. The van der Waals surface area contributed by atoms with Gasteiger partial charge in [0.05, 0.1) is 12.9 Å². The fourth-order valence-electron chi connectivity index (χ4n) is 2.59. The molecule has 0 fully saturated rings. The number of nitrogens with one attached hydrogen (secondary N) is 2. The summed E-state index contributed by atoms with van der Waals surface area (Å²) in [7, 11) is 0. The Morgan fingerprint density at radius 2 is 1.92 bits per heavy atom. The number of unbranched alkanes of at least 4 members (excludes halogenated alkanes) is 4. The molecule has 0 unspecified atom stereocenters. The van der Waals surface area contributed by atoms with Gasteiger partial charge >= 0.3 is 6.03 Å². The van der Waals surface area contributed by atoms with Gasteiger partial charge in [-0.1, -0.05) is 32.6 Å². The molecule has 0 radical (unpaired) electrons. The molecular weight excluding hydrogens is 328 g/mol. The summed E-state index contributed by atoms with van der Waals surface area (Å²) in [5.74, 6) is 0.840. The Bertz CT molecular complexity index is 611. The summed E-state index contributed by atoms with van der Waals surface area (Å²) in [5, 5.41) is 5.68. The molecule has 1 heterocycles. The number of anilines is 1. The van der Waals surface area contributed by atoms with E-state index in [1.807, 2.05) is 35.0 Å². The first-order valence-corrected chi connectivity index (χ1v) is 9.51. The van der Waals surface area contributed by atoms with Crippen molar-refractivity contribution >= 4 is 11.7 Å². The standard InChI is InChI=1S/C20H30N4O2/c1-2-3-4-5-6-16-26-19-10-8-18(9-11-19)23-20(25)22-12-7-14-24-15-13-21-17-24/h8-11,13,15,17H,2-7,12,14,16H2,1H3,(H2,22,23,25). The Kier molecular flexibility index (Phi) is 9.11. The van der Waals surface area contributed by atoms with Crippen LogP contribution in [0.15, 0.2) is 43.0 Å². The molecule has 0 bridgehead atoms. The number of urea groups is 1. The molecule has 0 saturated carbocycles. The van der Waals surface area contributed by atoms with Crippen LogP contribution in [0, 0.1) is 0 Å². The molecule has 2 rings (SSSR count). The quantitative estimate of drug-likeness (QED) is 0.551. The van der Waals surface area contributed by atoms with Crippen LogP contribution in [0.25, 0.3) is 0 Å². The van der Waals surface area contributed by atoms with Crippen molar-refractivity contribution < 1.29 is 9.53 Å². The molecular formula is C20H30N4O2. The van der Waals surface area contributed by atoms with Crippen LogP contribution < -0.4 is 15.4 Å².